The van der Waals surface area contributed by atoms with E-state index in [1.165, 1.54) is 0 Å². The van der Waals surface area contributed by atoms with Gasteiger partial charge in [0.05, 0.1) is 12.5 Å². The van der Waals surface area contributed by atoms with Gasteiger partial charge in [-0.3, -0.25) is 9.59 Å². The second kappa shape index (κ2) is 5.86. The van der Waals surface area contributed by atoms with Crippen LogP contribution in [0.4, 0.5) is 0 Å². The lowest BCUT2D eigenvalue weighted by Gasteiger charge is -2.16. The molecule has 1 aromatic rings. The highest BCUT2D eigenvalue weighted by Gasteiger charge is 2.17. The Labute approximate surface area is 106 Å². The molecule has 0 aliphatic heterocycles. The normalized spacial score (nSPS) is 11.9. The second-order valence-electron chi connectivity index (χ2n) is 3.10. The molecule has 1 amide bonds. The van der Waals surface area contributed by atoms with E-state index in [9.17, 15) is 9.59 Å². The predicted molar refractivity (Wildman–Crippen MR) is 63.3 cm³/mol. The molecular formula is C10H9BrClNO3. The van der Waals surface area contributed by atoms with Crippen molar-refractivity contribution in [2.75, 3.05) is 0 Å². The average Bonchev–Trinajstić information content (AvgIpc) is 2.16. The van der Waals surface area contributed by atoms with E-state index in [0.717, 1.165) is 0 Å². The number of rotatable bonds is 5. The molecule has 0 aliphatic rings. The van der Waals surface area contributed by atoms with Gasteiger partial charge in [-0.15, -0.1) is 0 Å². The summed E-state index contributed by atoms with van der Waals surface area (Å²) in [7, 11) is 0. The van der Waals surface area contributed by atoms with Crippen LogP contribution in [0.2, 0.25) is 5.02 Å². The molecule has 1 rings (SSSR count). The lowest BCUT2D eigenvalue weighted by atomic mass is 10.0. The minimum atomic E-state index is -0.985. The maximum atomic E-state index is 10.6. The zero-order valence-corrected chi connectivity index (χ0v) is 10.5. The summed E-state index contributed by atoms with van der Waals surface area (Å²) in [5.74, 6) is -0.985. The Hall–Kier alpha value is -1.07. The lowest BCUT2D eigenvalue weighted by Crippen LogP contribution is -2.22. The molecule has 0 spiro atoms. The zero-order chi connectivity index (χ0) is 12.1. The van der Waals surface area contributed by atoms with Crippen molar-refractivity contribution < 1.29 is 14.7 Å². The third-order valence-electron chi connectivity index (χ3n) is 1.99. The Morgan fingerprint density at radius 1 is 1.62 bits per heavy atom. The number of amides is 1. The number of hydrogen-bond acceptors (Lipinski definition) is 2. The first-order valence-corrected chi connectivity index (χ1v) is 5.58. The molecule has 0 heterocycles. The molecule has 0 aliphatic carbocycles. The van der Waals surface area contributed by atoms with Gasteiger partial charge >= 0.3 is 5.97 Å². The quantitative estimate of drug-likeness (QED) is 0.821. The number of carbonyl (C=O) groups is 2. The molecule has 86 valence electrons. The summed E-state index contributed by atoms with van der Waals surface area (Å²) < 4.78 is 0.667. The molecule has 4 nitrogen and oxygen atoms in total. The van der Waals surface area contributed by atoms with Crippen molar-refractivity contribution in [3.05, 3.63) is 33.3 Å². The van der Waals surface area contributed by atoms with Crippen molar-refractivity contribution in [2.24, 2.45) is 0 Å². The van der Waals surface area contributed by atoms with E-state index in [4.69, 9.17) is 16.7 Å². The van der Waals surface area contributed by atoms with Gasteiger partial charge in [0.1, 0.15) is 0 Å². The Morgan fingerprint density at radius 3 is 2.81 bits per heavy atom. The highest BCUT2D eigenvalue weighted by atomic mass is 79.9. The summed E-state index contributed by atoms with van der Waals surface area (Å²) in [5.41, 5.74) is 0.680. The van der Waals surface area contributed by atoms with Crippen LogP contribution in [0.25, 0.3) is 0 Å². The highest BCUT2D eigenvalue weighted by molar-refractivity contribution is 9.10. The minimum Gasteiger partial charge on any atom is -0.481 e. The van der Waals surface area contributed by atoms with Crippen molar-refractivity contribution in [1.82, 2.24) is 5.32 Å². The van der Waals surface area contributed by atoms with Crippen molar-refractivity contribution in [3.63, 3.8) is 0 Å². The predicted octanol–water partition coefficient (Wildman–Crippen LogP) is 2.36. The van der Waals surface area contributed by atoms with E-state index in [1.54, 1.807) is 18.2 Å². The van der Waals surface area contributed by atoms with Crippen molar-refractivity contribution in [1.29, 1.82) is 0 Å². The van der Waals surface area contributed by atoms with Crippen molar-refractivity contribution in [3.8, 4) is 0 Å². The smallest absolute Gasteiger partial charge is 0.305 e. The van der Waals surface area contributed by atoms with Gasteiger partial charge in [0.25, 0.3) is 0 Å². The van der Waals surface area contributed by atoms with Gasteiger partial charge < -0.3 is 10.4 Å². The van der Waals surface area contributed by atoms with E-state index in [1.807, 2.05) is 0 Å². The van der Waals surface area contributed by atoms with Gasteiger partial charge in [0.15, 0.2) is 0 Å². The fraction of sp³-hybridized carbons (Fsp3) is 0.200. The maximum absolute atomic E-state index is 10.6. The number of aliphatic carboxylic acids is 1. The first-order valence-electron chi connectivity index (χ1n) is 4.41. The molecule has 0 bridgehead atoms. The average molecular weight is 307 g/mol. The number of carboxylic acid groups (broad SMARTS) is 1. The summed E-state index contributed by atoms with van der Waals surface area (Å²) in [5, 5.41) is 11.7. The molecule has 0 radical (unpaired) electrons. The van der Waals surface area contributed by atoms with Crippen molar-refractivity contribution >= 4 is 39.9 Å². The van der Waals surface area contributed by atoms with Crippen LogP contribution in [0.3, 0.4) is 0 Å². The van der Waals surface area contributed by atoms with Crippen LogP contribution in [0.1, 0.15) is 18.0 Å². The molecule has 16 heavy (non-hydrogen) atoms. The second-order valence-corrected chi connectivity index (χ2v) is 4.39. The SMILES string of the molecule is O=CN[C@@H](CC(=O)O)c1ccc(Cl)cc1Br. The van der Waals surface area contributed by atoms with Gasteiger partial charge in [0, 0.05) is 9.50 Å². The summed E-state index contributed by atoms with van der Waals surface area (Å²) in [4.78, 5) is 21.0. The fourth-order valence-electron chi connectivity index (χ4n) is 1.30. The first kappa shape index (κ1) is 13.0. The monoisotopic (exact) mass is 305 g/mol. The number of hydrogen-bond donors (Lipinski definition) is 2. The third kappa shape index (κ3) is 3.50. The van der Waals surface area contributed by atoms with Crippen molar-refractivity contribution in [2.45, 2.75) is 12.5 Å². The largest absolute Gasteiger partial charge is 0.481 e. The Morgan fingerprint density at radius 2 is 2.31 bits per heavy atom. The van der Waals surface area contributed by atoms with Gasteiger partial charge in [-0.1, -0.05) is 33.6 Å². The Balaban J connectivity index is 3.00. The van der Waals surface area contributed by atoms with Crippen LogP contribution < -0.4 is 5.32 Å². The van der Waals surface area contributed by atoms with Gasteiger partial charge in [-0.25, -0.2) is 0 Å². The number of carboxylic acids is 1. The summed E-state index contributed by atoms with van der Waals surface area (Å²) in [6, 6.07) is 4.40. The summed E-state index contributed by atoms with van der Waals surface area (Å²) >= 11 is 9.04. The lowest BCUT2D eigenvalue weighted by molar-refractivity contribution is -0.137. The van der Waals surface area contributed by atoms with Crippen LogP contribution >= 0.6 is 27.5 Å². The third-order valence-corrected chi connectivity index (χ3v) is 2.91. The van der Waals surface area contributed by atoms with Crippen LogP contribution in [0.15, 0.2) is 22.7 Å². The van der Waals surface area contributed by atoms with Crippen LogP contribution in [0.5, 0.6) is 0 Å². The van der Waals surface area contributed by atoms with Gasteiger partial charge in [0.2, 0.25) is 6.41 Å². The fourth-order valence-corrected chi connectivity index (χ4v) is 2.26. The van der Waals surface area contributed by atoms with Crippen LogP contribution in [-0.4, -0.2) is 17.5 Å². The van der Waals surface area contributed by atoms with Crippen LogP contribution in [0, 0.1) is 0 Å². The van der Waals surface area contributed by atoms with E-state index >= 15 is 0 Å². The summed E-state index contributed by atoms with van der Waals surface area (Å²) in [6.45, 7) is 0. The highest BCUT2D eigenvalue weighted by Crippen LogP contribution is 2.28. The molecule has 1 aromatic carbocycles. The van der Waals surface area contributed by atoms with E-state index in [2.05, 4.69) is 21.2 Å². The molecule has 0 saturated carbocycles. The van der Waals surface area contributed by atoms with E-state index in [0.29, 0.717) is 21.5 Å². The Bertz CT molecular complexity index is 411. The van der Waals surface area contributed by atoms with E-state index < -0.39 is 12.0 Å². The summed E-state index contributed by atoms with van der Waals surface area (Å²) in [6.07, 6.45) is 0.299. The van der Waals surface area contributed by atoms with E-state index in [-0.39, 0.29) is 6.42 Å². The molecule has 0 fully saturated rings. The number of carbonyl (C=O) groups excluding carboxylic acids is 1. The van der Waals surface area contributed by atoms with Gasteiger partial charge in [-0.2, -0.15) is 0 Å². The molecular weight excluding hydrogens is 297 g/mol. The van der Waals surface area contributed by atoms with Gasteiger partial charge in [-0.05, 0) is 17.7 Å². The maximum Gasteiger partial charge on any atom is 0.305 e. The molecule has 6 heteroatoms. The topological polar surface area (TPSA) is 66.4 Å². The molecule has 1 atom stereocenters. The Kier molecular flexibility index (Phi) is 4.76. The number of halogens is 2. The number of nitrogens with one attached hydrogen (secondary N) is 1. The van der Waals surface area contributed by atoms with Crippen LogP contribution in [-0.2, 0) is 9.59 Å². The minimum absolute atomic E-state index is 0.182. The first-order chi connectivity index (χ1) is 7.54. The molecule has 0 aromatic heterocycles. The molecule has 2 N–H and O–H groups in total. The standard InChI is InChI=1S/C10H9BrClNO3/c11-8-3-6(12)1-2-7(8)9(13-5-14)4-10(15)16/h1-3,5,9H,4H2,(H,13,14)(H,15,16)/t9-/m0/s1. The number of benzene rings is 1. The zero-order valence-electron chi connectivity index (χ0n) is 8.11. The molecule has 0 saturated heterocycles. The molecule has 0 unspecified atom stereocenters.